The Morgan fingerprint density at radius 3 is 2.33 bits per heavy atom. The maximum Gasteiger partial charge on any atom is 0.417 e. The lowest BCUT2D eigenvalue weighted by atomic mass is 9.86. The first-order chi connectivity index (χ1) is 18.8. The highest BCUT2D eigenvalue weighted by Gasteiger charge is 2.37. The molecular weight excluding hydrogens is 547 g/mol. The van der Waals surface area contributed by atoms with Crippen molar-refractivity contribution in [3.8, 4) is 11.4 Å². The maximum absolute atomic E-state index is 15.4. The normalized spacial score (nSPS) is 17.6. The van der Waals surface area contributed by atoms with Gasteiger partial charge in [0.05, 0.1) is 29.5 Å². The van der Waals surface area contributed by atoms with E-state index in [1.165, 1.54) is 6.07 Å². The molecule has 4 rings (SSSR count). The zero-order chi connectivity index (χ0) is 29.2. The molecule has 6 nitrogen and oxygen atoms in total. The molecule has 1 saturated carbocycles. The van der Waals surface area contributed by atoms with Crippen molar-refractivity contribution in [2.24, 2.45) is 5.92 Å². The fourth-order valence-electron chi connectivity index (χ4n) is 4.58. The molecule has 13 heteroatoms. The van der Waals surface area contributed by atoms with E-state index >= 15 is 4.39 Å². The van der Waals surface area contributed by atoms with Gasteiger partial charge in [-0.05, 0) is 44.7 Å². The number of benzene rings is 2. The van der Waals surface area contributed by atoms with Gasteiger partial charge in [0.1, 0.15) is 23.3 Å². The summed E-state index contributed by atoms with van der Waals surface area (Å²) in [7, 11) is 0. The van der Waals surface area contributed by atoms with Gasteiger partial charge in [0, 0.05) is 29.7 Å². The van der Waals surface area contributed by atoms with E-state index in [2.05, 4.69) is 10.3 Å². The number of carbonyl (C=O) groups excluding carboxylic acids is 1. The van der Waals surface area contributed by atoms with Crippen molar-refractivity contribution < 1.29 is 40.3 Å². The average molecular weight is 571 g/mol. The number of hydrogen-bond acceptors (Lipinski definition) is 4. The van der Waals surface area contributed by atoms with Gasteiger partial charge in [-0.15, -0.1) is 0 Å². The summed E-state index contributed by atoms with van der Waals surface area (Å²) in [6.07, 6.45) is -3.50. The number of halogens is 7. The molecule has 1 aromatic heterocycles. The molecule has 0 atom stereocenters. The molecular formula is C27H24F7N3O3. The molecule has 1 amide bonds. The van der Waals surface area contributed by atoms with Crippen molar-refractivity contribution >= 4 is 5.91 Å². The summed E-state index contributed by atoms with van der Waals surface area (Å²) in [5, 5.41) is 2.53. The quantitative estimate of drug-likeness (QED) is 0.356. The minimum Gasteiger partial charge on any atom is -0.373 e. The van der Waals surface area contributed by atoms with Crippen LogP contribution in [0.1, 0.15) is 48.1 Å². The van der Waals surface area contributed by atoms with Crippen molar-refractivity contribution in [2.75, 3.05) is 0 Å². The van der Waals surface area contributed by atoms with Gasteiger partial charge in [0.2, 0.25) is 11.7 Å². The number of ether oxygens (including phenoxy) is 1. The van der Waals surface area contributed by atoms with E-state index in [1.54, 1.807) is 0 Å². The summed E-state index contributed by atoms with van der Waals surface area (Å²) in [5.74, 6) is -5.77. The van der Waals surface area contributed by atoms with Gasteiger partial charge < -0.3 is 15.0 Å². The molecule has 0 aliphatic heterocycles. The molecule has 0 bridgehead atoms. The van der Waals surface area contributed by atoms with Crippen LogP contribution in [-0.2, 0) is 28.9 Å². The van der Waals surface area contributed by atoms with Crippen molar-refractivity contribution in [3.63, 3.8) is 0 Å². The van der Waals surface area contributed by atoms with Gasteiger partial charge in [-0.2, -0.15) is 17.6 Å². The largest absolute Gasteiger partial charge is 0.417 e. The number of carbonyl (C=O) groups is 1. The first-order valence-electron chi connectivity index (χ1n) is 12.3. The summed E-state index contributed by atoms with van der Waals surface area (Å²) >= 11 is 0. The van der Waals surface area contributed by atoms with Gasteiger partial charge in [0.15, 0.2) is 0 Å². The highest BCUT2D eigenvalue weighted by atomic mass is 19.4. The number of nitrogens with zero attached hydrogens (tertiary/aromatic N) is 1. The van der Waals surface area contributed by atoms with Gasteiger partial charge in [-0.25, -0.2) is 18.2 Å². The first-order valence-corrected chi connectivity index (χ1v) is 12.3. The maximum atomic E-state index is 15.4. The number of aryl methyl sites for hydroxylation is 1. The van der Waals surface area contributed by atoms with Crippen LogP contribution in [-0.4, -0.2) is 22.0 Å². The van der Waals surface area contributed by atoms with E-state index in [0.717, 1.165) is 25.1 Å². The predicted octanol–water partition coefficient (Wildman–Crippen LogP) is 5.71. The molecule has 1 aliphatic carbocycles. The van der Waals surface area contributed by atoms with Crippen molar-refractivity contribution in [1.29, 1.82) is 0 Å². The number of nitrogens with one attached hydrogen (secondary N) is 2. The summed E-state index contributed by atoms with van der Waals surface area (Å²) < 4.78 is 102. The Bertz CT molecular complexity index is 1460. The van der Waals surface area contributed by atoms with Crippen LogP contribution in [0.25, 0.3) is 11.4 Å². The van der Waals surface area contributed by atoms with E-state index in [1.807, 2.05) is 4.98 Å². The molecule has 0 spiro atoms. The van der Waals surface area contributed by atoms with Crippen LogP contribution in [0, 0.1) is 36.1 Å². The lowest BCUT2D eigenvalue weighted by Crippen LogP contribution is -2.34. The Labute approximate surface area is 223 Å². The summed E-state index contributed by atoms with van der Waals surface area (Å²) in [6, 6.07) is 4.66. The van der Waals surface area contributed by atoms with Crippen LogP contribution in [0.4, 0.5) is 30.7 Å². The van der Waals surface area contributed by atoms with E-state index in [4.69, 9.17) is 4.74 Å². The van der Waals surface area contributed by atoms with Crippen molar-refractivity contribution in [2.45, 2.75) is 58.0 Å². The molecule has 1 heterocycles. The third-order valence-electron chi connectivity index (χ3n) is 6.78. The van der Waals surface area contributed by atoms with E-state index < -0.39 is 76.0 Å². The molecule has 2 N–H and O–H groups in total. The number of alkyl halides is 3. The summed E-state index contributed by atoms with van der Waals surface area (Å²) in [5.41, 5.74) is -4.43. The van der Waals surface area contributed by atoms with Crippen molar-refractivity contribution in [3.05, 3.63) is 86.3 Å². The van der Waals surface area contributed by atoms with Crippen LogP contribution in [0.15, 0.2) is 35.1 Å². The number of H-pyrrole nitrogens is 1. The predicted molar refractivity (Wildman–Crippen MR) is 129 cm³/mol. The zero-order valence-corrected chi connectivity index (χ0v) is 21.1. The molecule has 0 radical (unpaired) electrons. The van der Waals surface area contributed by atoms with Gasteiger partial charge in [-0.1, -0.05) is 12.1 Å². The lowest BCUT2D eigenvalue weighted by molar-refractivity contribution is -0.137. The van der Waals surface area contributed by atoms with Crippen LogP contribution in [0.5, 0.6) is 0 Å². The second kappa shape index (κ2) is 11.8. The lowest BCUT2D eigenvalue weighted by Gasteiger charge is -2.28. The Kier molecular flexibility index (Phi) is 8.62. The fraction of sp³-hybridized carbons (Fsp3) is 0.370. The van der Waals surface area contributed by atoms with E-state index in [9.17, 15) is 35.9 Å². The minimum atomic E-state index is -5.01. The topological polar surface area (TPSA) is 84.1 Å². The highest BCUT2D eigenvalue weighted by Crippen LogP contribution is 2.38. The van der Waals surface area contributed by atoms with Crippen molar-refractivity contribution in [1.82, 2.24) is 15.3 Å². The molecule has 214 valence electrons. The van der Waals surface area contributed by atoms with Crippen LogP contribution < -0.4 is 10.9 Å². The first kappa shape index (κ1) is 29.2. The highest BCUT2D eigenvalue weighted by molar-refractivity contribution is 5.78. The van der Waals surface area contributed by atoms with Crippen LogP contribution in [0.3, 0.4) is 0 Å². The third kappa shape index (κ3) is 6.52. The number of aromatic amines is 1. The Morgan fingerprint density at radius 2 is 1.70 bits per heavy atom. The molecule has 40 heavy (non-hydrogen) atoms. The third-order valence-corrected chi connectivity index (χ3v) is 6.78. The Balaban J connectivity index is 1.41. The number of amides is 1. The molecule has 0 saturated heterocycles. The SMILES string of the molecule is Cc1nc(-c2c(C(F)(F)F)ccc(CNC(=O)[C@H]3CC[C@H](OCc4ccc(F)cc4F)CC3)c2F)[nH]c(=O)c1F. The second-order valence-corrected chi connectivity index (χ2v) is 9.51. The smallest absolute Gasteiger partial charge is 0.373 e. The average Bonchev–Trinajstić information content (AvgIpc) is 2.89. The van der Waals surface area contributed by atoms with E-state index in [-0.39, 0.29) is 23.8 Å². The molecule has 2 aromatic carbocycles. The second-order valence-electron chi connectivity index (χ2n) is 9.51. The van der Waals surface area contributed by atoms with Crippen LogP contribution >= 0.6 is 0 Å². The fourth-order valence-corrected chi connectivity index (χ4v) is 4.58. The summed E-state index contributed by atoms with van der Waals surface area (Å²) in [6.45, 7) is 0.557. The number of rotatable bonds is 7. The van der Waals surface area contributed by atoms with Crippen LogP contribution in [0.2, 0.25) is 0 Å². The Hall–Kier alpha value is -3.74. The number of aromatic nitrogens is 2. The molecule has 1 aliphatic rings. The molecule has 0 unspecified atom stereocenters. The molecule has 1 fully saturated rings. The zero-order valence-electron chi connectivity index (χ0n) is 21.1. The van der Waals surface area contributed by atoms with E-state index in [0.29, 0.717) is 31.7 Å². The van der Waals surface area contributed by atoms with Gasteiger partial charge in [0.25, 0.3) is 5.56 Å². The van der Waals surface area contributed by atoms with Gasteiger partial charge in [-0.3, -0.25) is 9.59 Å². The van der Waals surface area contributed by atoms with Gasteiger partial charge >= 0.3 is 6.18 Å². The molecule has 3 aromatic rings. The minimum absolute atomic E-state index is 0.0587. The standard InChI is InChI=1S/C27H24F7N3O3/c1-13-22(30)26(39)37-24(36-13)21-19(27(32,33)34)9-5-15(23(21)31)11-35-25(38)14-3-7-18(8-4-14)40-12-16-2-6-17(28)10-20(16)29/h2,5-6,9-10,14,18H,3-4,7-8,11-12H2,1H3,(H,35,38)(H,36,37,39)/t14-,18-. The summed E-state index contributed by atoms with van der Waals surface area (Å²) in [4.78, 5) is 29.9. The monoisotopic (exact) mass is 571 g/mol. The number of hydrogen-bond donors (Lipinski definition) is 2. The Morgan fingerprint density at radius 1 is 1.02 bits per heavy atom.